The Morgan fingerprint density at radius 1 is 1.64 bits per heavy atom. The highest BCUT2D eigenvalue weighted by atomic mass is 16.3. The molecule has 11 heavy (non-hydrogen) atoms. The molecule has 0 aromatic carbocycles. The van der Waals surface area contributed by atoms with Crippen LogP contribution in [0.1, 0.15) is 11.4 Å². The lowest BCUT2D eigenvalue weighted by atomic mass is 10.3. The fourth-order valence-electron chi connectivity index (χ4n) is 0.827. The number of anilines is 1. The number of rotatable bonds is 2. The van der Waals surface area contributed by atoms with Crippen LogP contribution in [0.3, 0.4) is 0 Å². The maximum Gasteiger partial charge on any atom is 0.134 e. The van der Waals surface area contributed by atoms with E-state index in [4.69, 9.17) is 5.11 Å². The van der Waals surface area contributed by atoms with E-state index < -0.39 is 0 Å². The Hall–Kier alpha value is -1.16. The van der Waals surface area contributed by atoms with Gasteiger partial charge < -0.3 is 10.4 Å². The van der Waals surface area contributed by atoms with E-state index in [9.17, 15) is 0 Å². The molecular formula is C7H11N3O. The van der Waals surface area contributed by atoms with E-state index in [1.54, 1.807) is 13.2 Å². The summed E-state index contributed by atoms with van der Waals surface area (Å²) < 4.78 is 0. The number of nitrogens with one attached hydrogen (secondary N) is 1. The lowest BCUT2D eigenvalue weighted by Crippen LogP contribution is -2.01. The number of nitrogens with zero attached hydrogens (tertiary/aromatic N) is 2. The maximum atomic E-state index is 8.82. The number of hydrogen-bond donors (Lipinski definition) is 2. The Morgan fingerprint density at radius 2 is 2.36 bits per heavy atom. The lowest BCUT2D eigenvalue weighted by Gasteiger charge is -2.04. The number of aromatic nitrogens is 2. The normalized spacial score (nSPS) is 9.73. The molecule has 1 rings (SSSR count). The standard InChI is InChI=1S/C7H11N3O/c1-5-9-3-6(4-11)7(8-2)10-5/h3,11H,4H2,1-2H3,(H,8,9,10). The van der Waals surface area contributed by atoms with E-state index in [-0.39, 0.29) is 6.61 Å². The zero-order chi connectivity index (χ0) is 8.27. The molecule has 0 amide bonds. The van der Waals surface area contributed by atoms with Gasteiger partial charge >= 0.3 is 0 Å². The first kappa shape index (κ1) is 7.94. The number of hydrogen-bond acceptors (Lipinski definition) is 4. The third kappa shape index (κ3) is 1.65. The minimum atomic E-state index is -0.0313. The predicted molar refractivity (Wildman–Crippen MR) is 42.2 cm³/mol. The average molecular weight is 153 g/mol. The van der Waals surface area contributed by atoms with E-state index in [0.29, 0.717) is 11.6 Å². The Morgan fingerprint density at radius 3 is 2.91 bits per heavy atom. The minimum absolute atomic E-state index is 0.0313. The van der Waals surface area contributed by atoms with Crippen molar-refractivity contribution in [3.8, 4) is 0 Å². The van der Waals surface area contributed by atoms with Crippen LogP contribution in [-0.4, -0.2) is 22.1 Å². The van der Waals surface area contributed by atoms with Gasteiger partial charge in [0.1, 0.15) is 11.6 Å². The second-order valence-electron chi connectivity index (χ2n) is 2.20. The van der Waals surface area contributed by atoms with Crippen molar-refractivity contribution in [2.75, 3.05) is 12.4 Å². The third-order valence-corrected chi connectivity index (χ3v) is 1.39. The molecule has 0 saturated heterocycles. The molecule has 0 fully saturated rings. The number of aliphatic hydroxyl groups is 1. The third-order valence-electron chi connectivity index (χ3n) is 1.39. The van der Waals surface area contributed by atoms with E-state index in [1.807, 2.05) is 6.92 Å². The molecule has 0 aliphatic rings. The van der Waals surface area contributed by atoms with Crippen LogP contribution >= 0.6 is 0 Å². The van der Waals surface area contributed by atoms with Crippen LogP contribution in [-0.2, 0) is 6.61 Å². The molecule has 2 N–H and O–H groups in total. The van der Waals surface area contributed by atoms with Crippen molar-refractivity contribution < 1.29 is 5.11 Å². The molecule has 1 aromatic rings. The molecule has 60 valence electrons. The Balaban J connectivity index is 3.06. The minimum Gasteiger partial charge on any atom is -0.391 e. The van der Waals surface area contributed by atoms with Gasteiger partial charge in [-0.2, -0.15) is 0 Å². The molecule has 0 aliphatic heterocycles. The smallest absolute Gasteiger partial charge is 0.134 e. The highest BCUT2D eigenvalue weighted by Gasteiger charge is 2.00. The Labute approximate surface area is 65.3 Å². The molecule has 4 nitrogen and oxygen atoms in total. The van der Waals surface area contributed by atoms with Crippen molar-refractivity contribution in [2.45, 2.75) is 13.5 Å². The van der Waals surface area contributed by atoms with Crippen LogP contribution in [0.25, 0.3) is 0 Å². The van der Waals surface area contributed by atoms with Gasteiger partial charge in [0.15, 0.2) is 0 Å². The van der Waals surface area contributed by atoms with Gasteiger partial charge in [-0.25, -0.2) is 9.97 Å². The van der Waals surface area contributed by atoms with Crippen LogP contribution in [0.5, 0.6) is 0 Å². The summed E-state index contributed by atoms with van der Waals surface area (Å²) in [6.45, 7) is 1.78. The van der Waals surface area contributed by atoms with E-state index in [1.165, 1.54) is 0 Å². The van der Waals surface area contributed by atoms with Crippen molar-refractivity contribution >= 4 is 5.82 Å². The molecule has 0 saturated carbocycles. The fourth-order valence-corrected chi connectivity index (χ4v) is 0.827. The molecule has 0 bridgehead atoms. The summed E-state index contributed by atoms with van der Waals surface area (Å²) in [6.07, 6.45) is 1.62. The quantitative estimate of drug-likeness (QED) is 0.642. The van der Waals surface area contributed by atoms with E-state index in [0.717, 1.165) is 5.56 Å². The summed E-state index contributed by atoms with van der Waals surface area (Å²) in [6, 6.07) is 0. The molecule has 0 atom stereocenters. The van der Waals surface area contributed by atoms with Crippen molar-refractivity contribution in [1.29, 1.82) is 0 Å². The van der Waals surface area contributed by atoms with Crippen LogP contribution in [0, 0.1) is 6.92 Å². The Bertz CT molecular complexity index is 249. The molecule has 4 heteroatoms. The van der Waals surface area contributed by atoms with Crippen molar-refractivity contribution in [3.05, 3.63) is 17.6 Å². The van der Waals surface area contributed by atoms with Crippen LogP contribution in [0.2, 0.25) is 0 Å². The van der Waals surface area contributed by atoms with Crippen LogP contribution < -0.4 is 5.32 Å². The number of aryl methyl sites for hydroxylation is 1. The van der Waals surface area contributed by atoms with Crippen LogP contribution in [0.4, 0.5) is 5.82 Å². The maximum absolute atomic E-state index is 8.82. The molecule has 0 spiro atoms. The summed E-state index contributed by atoms with van der Waals surface area (Å²) in [5, 5.41) is 11.7. The lowest BCUT2D eigenvalue weighted by molar-refractivity contribution is 0.281. The highest BCUT2D eigenvalue weighted by Crippen LogP contribution is 2.09. The van der Waals surface area contributed by atoms with E-state index >= 15 is 0 Å². The molecule has 1 aromatic heterocycles. The fraction of sp³-hybridized carbons (Fsp3) is 0.429. The summed E-state index contributed by atoms with van der Waals surface area (Å²) in [5.41, 5.74) is 0.720. The monoisotopic (exact) mass is 153 g/mol. The van der Waals surface area contributed by atoms with Gasteiger partial charge in [0.05, 0.1) is 6.61 Å². The SMILES string of the molecule is CNc1nc(C)ncc1CO. The van der Waals surface area contributed by atoms with Gasteiger partial charge in [-0.3, -0.25) is 0 Å². The van der Waals surface area contributed by atoms with Gasteiger partial charge in [0.2, 0.25) is 0 Å². The van der Waals surface area contributed by atoms with Crippen molar-refractivity contribution in [2.24, 2.45) is 0 Å². The molecule has 0 aliphatic carbocycles. The first-order chi connectivity index (χ1) is 5.27. The van der Waals surface area contributed by atoms with Crippen molar-refractivity contribution in [3.63, 3.8) is 0 Å². The van der Waals surface area contributed by atoms with Gasteiger partial charge in [0, 0.05) is 18.8 Å². The summed E-state index contributed by atoms with van der Waals surface area (Å²) in [7, 11) is 1.76. The van der Waals surface area contributed by atoms with Gasteiger partial charge in [-0.05, 0) is 6.92 Å². The van der Waals surface area contributed by atoms with Gasteiger partial charge in [-0.1, -0.05) is 0 Å². The zero-order valence-corrected chi connectivity index (χ0v) is 6.63. The topological polar surface area (TPSA) is 58.0 Å². The average Bonchev–Trinajstić information content (AvgIpc) is 2.04. The summed E-state index contributed by atoms with van der Waals surface area (Å²) >= 11 is 0. The second-order valence-corrected chi connectivity index (χ2v) is 2.20. The molecule has 0 radical (unpaired) electrons. The van der Waals surface area contributed by atoms with Gasteiger partial charge in [-0.15, -0.1) is 0 Å². The second kappa shape index (κ2) is 3.30. The highest BCUT2D eigenvalue weighted by molar-refractivity contribution is 5.41. The predicted octanol–water partition coefficient (Wildman–Crippen LogP) is 0.319. The van der Waals surface area contributed by atoms with Crippen molar-refractivity contribution in [1.82, 2.24) is 9.97 Å². The van der Waals surface area contributed by atoms with E-state index in [2.05, 4.69) is 15.3 Å². The van der Waals surface area contributed by atoms with Gasteiger partial charge in [0.25, 0.3) is 0 Å². The number of aliphatic hydroxyl groups excluding tert-OH is 1. The summed E-state index contributed by atoms with van der Waals surface area (Å²) in [5.74, 6) is 1.39. The first-order valence-corrected chi connectivity index (χ1v) is 3.39. The largest absolute Gasteiger partial charge is 0.391 e. The molecule has 0 unspecified atom stereocenters. The zero-order valence-electron chi connectivity index (χ0n) is 6.63. The molecular weight excluding hydrogens is 142 g/mol. The summed E-state index contributed by atoms with van der Waals surface area (Å²) in [4.78, 5) is 8.03. The Kier molecular flexibility index (Phi) is 2.38. The molecule has 1 heterocycles. The first-order valence-electron chi connectivity index (χ1n) is 3.39. The van der Waals surface area contributed by atoms with Crippen LogP contribution in [0.15, 0.2) is 6.20 Å².